The smallest absolute Gasteiger partial charge is 0.344 e. The summed E-state index contributed by atoms with van der Waals surface area (Å²) in [6.07, 6.45) is 0. The molecular weight excluding hydrogens is 352 g/mol. The number of nitrogens with zero attached hydrogens (tertiary/aromatic N) is 1. The molecule has 0 aliphatic heterocycles. The molecule has 1 N–H and O–H groups in total. The minimum Gasteiger partial charge on any atom is -0.475 e. The highest BCUT2D eigenvalue weighted by molar-refractivity contribution is 5.94. The van der Waals surface area contributed by atoms with E-state index < -0.39 is 30.0 Å². The summed E-state index contributed by atoms with van der Waals surface area (Å²) in [7, 11) is 0. The number of carbonyl (C=O) groups excluding carboxylic acids is 2. The van der Waals surface area contributed by atoms with Crippen molar-refractivity contribution in [3.8, 4) is 5.75 Å². The van der Waals surface area contributed by atoms with Crippen LogP contribution in [0.5, 0.6) is 5.75 Å². The van der Waals surface area contributed by atoms with E-state index in [-0.39, 0.29) is 11.4 Å². The standard InChI is InChI=1S/C19H20N2O6/c1-12-8-13(2)19(14(3)9-12)20-17(22)10-27-18(23)11-26-16-7-5-4-6-15(16)21(24)25/h4-9H,10-11H2,1-3H3,(H,20,22). The van der Waals surface area contributed by atoms with Gasteiger partial charge in [-0.2, -0.15) is 0 Å². The fourth-order valence-corrected chi connectivity index (χ4v) is 2.61. The summed E-state index contributed by atoms with van der Waals surface area (Å²) >= 11 is 0. The second kappa shape index (κ2) is 8.79. The maximum Gasteiger partial charge on any atom is 0.344 e. The highest BCUT2D eigenvalue weighted by Gasteiger charge is 2.16. The first kappa shape index (κ1) is 19.9. The molecular formula is C19H20N2O6. The van der Waals surface area contributed by atoms with E-state index in [2.05, 4.69) is 5.32 Å². The quantitative estimate of drug-likeness (QED) is 0.455. The SMILES string of the molecule is Cc1cc(C)c(NC(=O)COC(=O)COc2ccccc2[N+](=O)[O-])c(C)c1. The van der Waals surface area contributed by atoms with Gasteiger partial charge in [0.2, 0.25) is 0 Å². The molecule has 2 aromatic carbocycles. The van der Waals surface area contributed by atoms with Crippen molar-refractivity contribution in [3.05, 3.63) is 63.2 Å². The number of anilines is 1. The molecule has 1 amide bonds. The summed E-state index contributed by atoms with van der Waals surface area (Å²) < 4.78 is 9.97. The van der Waals surface area contributed by atoms with E-state index in [1.54, 1.807) is 6.07 Å². The Hall–Kier alpha value is -3.42. The number of carbonyl (C=O) groups is 2. The molecule has 2 aromatic rings. The number of nitrogens with one attached hydrogen (secondary N) is 1. The molecule has 0 radical (unpaired) electrons. The predicted molar refractivity (Wildman–Crippen MR) is 98.8 cm³/mol. The second-order valence-electron chi connectivity index (χ2n) is 6.00. The lowest BCUT2D eigenvalue weighted by Gasteiger charge is -2.13. The van der Waals surface area contributed by atoms with Crippen LogP contribution in [0.1, 0.15) is 16.7 Å². The number of esters is 1. The predicted octanol–water partition coefficient (Wildman–Crippen LogP) is 3.08. The zero-order valence-corrected chi connectivity index (χ0v) is 15.3. The Kier molecular flexibility index (Phi) is 6.48. The number of benzene rings is 2. The van der Waals surface area contributed by atoms with Crippen molar-refractivity contribution in [2.24, 2.45) is 0 Å². The lowest BCUT2D eigenvalue weighted by atomic mass is 10.1. The van der Waals surface area contributed by atoms with E-state index in [1.165, 1.54) is 18.2 Å². The number of ether oxygens (including phenoxy) is 2. The van der Waals surface area contributed by atoms with E-state index >= 15 is 0 Å². The summed E-state index contributed by atoms with van der Waals surface area (Å²) in [4.78, 5) is 34.0. The Morgan fingerprint density at radius 2 is 1.70 bits per heavy atom. The molecule has 2 rings (SSSR count). The molecule has 0 aliphatic carbocycles. The Morgan fingerprint density at radius 1 is 1.07 bits per heavy atom. The first-order chi connectivity index (χ1) is 12.8. The summed E-state index contributed by atoms with van der Waals surface area (Å²) in [5.41, 5.74) is 3.33. The maximum atomic E-state index is 12.0. The van der Waals surface area contributed by atoms with Crippen molar-refractivity contribution >= 4 is 23.3 Å². The molecule has 0 atom stereocenters. The Labute approximate surface area is 156 Å². The van der Waals surface area contributed by atoms with Gasteiger partial charge in [0, 0.05) is 11.8 Å². The minimum absolute atomic E-state index is 0.0465. The molecule has 0 heterocycles. The second-order valence-corrected chi connectivity index (χ2v) is 6.00. The van der Waals surface area contributed by atoms with E-state index in [1.807, 2.05) is 32.9 Å². The highest BCUT2D eigenvalue weighted by Crippen LogP contribution is 2.25. The largest absolute Gasteiger partial charge is 0.475 e. The fraction of sp³-hybridized carbons (Fsp3) is 0.263. The average Bonchev–Trinajstić information content (AvgIpc) is 2.61. The van der Waals surface area contributed by atoms with Gasteiger partial charge in [0.15, 0.2) is 19.0 Å². The zero-order chi connectivity index (χ0) is 20.0. The molecule has 0 aliphatic rings. The molecule has 0 bridgehead atoms. The van der Waals surface area contributed by atoms with Crippen LogP contribution in [0, 0.1) is 30.9 Å². The van der Waals surface area contributed by atoms with Crippen LogP contribution in [0.3, 0.4) is 0 Å². The topological polar surface area (TPSA) is 108 Å². The van der Waals surface area contributed by atoms with Crippen LogP contribution in [0.25, 0.3) is 0 Å². The van der Waals surface area contributed by atoms with Gasteiger partial charge < -0.3 is 14.8 Å². The molecule has 8 heteroatoms. The van der Waals surface area contributed by atoms with Gasteiger partial charge in [-0.25, -0.2) is 4.79 Å². The van der Waals surface area contributed by atoms with Gasteiger partial charge >= 0.3 is 11.7 Å². The lowest BCUT2D eigenvalue weighted by molar-refractivity contribution is -0.385. The summed E-state index contributed by atoms with van der Waals surface area (Å²) in [5, 5.41) is 13.6. The van der Waals surface area contributed by atoms with E-state index in [0.29, 0.717) is 5.69 Å². The van der Waals surface area contributed by atoms with Crippen molar-refractivity contribution in [2.75, 3.05) is 18.5 Å². The van der Waals surface area contributed by atoms with Crippen LogP contribution in [0.4, 0.5) is 11.4 Å². The van der Waals surface area contributed by atoms with Gasteiger partial charge in [-0.15, -0.1) is 0 Å². The molecule has 0 aromatic heterocycles. The van der Waals surface area contributed by atoms with Crippen molar-refractivity contribution < 1.29 is 24.0 Å². The molecule has 0 spiro atoms. The molecule has 0 unspecified atom stereocenters. The van der Waals surface area contributed by atoms with Crippen LogP contribution in [0.15, 0.2) is 36.4 Å². The van der Waals surface area contributed by atoms with E-state index in [9.17, 15) is 19.7 Å². The lowest BCUT2D eigenvalue weighted by Crippen LogP contribution is -2.24. The Bertz CT molecular complexity index is 855. The van der Waals surface area contributed by atoms with Crippen molar-refractivity contribution in [2.45, 2.75) is 20.8 Å². The molecule has 0 fully saturated rings. The van der Waals surface area contributed by atoms with Crippen molar-refractivity contribution in [1.29, 1.82) is 0 Å². The van der Waals surface area contributed by atoms with Crippen molar-refractivity contribution in [1.82, 2.24) is 0 Å². The fourth-order valence-electron chi connectivity index (χ4n) is 2.61. The van der Waals surface area contributed by atoms with Gasteiger partial charge in [0.05, 0.1) is 4.92 Å². The normalized spacial score (nSPS) is 10.2. The number of amides is 1. The number of rotatable bonds is 7. The zero-order valence-electron chi connectivity index (χ0n) is 15.3. The third kappa shape index (κ3) is 5.53. The monoisotopic (exact) mass is 372 g/mol. The highest BCUT2D eigenvalue weighted by atomic mass is 16.6. The van der Waals surface area contributed by atoms with Gasteiger partial charge in [0.1, 0.15) is 0 Å². The first-order valence-electron chi connectivity index (χ1n) is 8.17. The average molecular weight is 372 g/mol. The maximum absolute atomic E-state index is 12.0. The number of hydrogen-bond donors (Lipinski definition) is 1. The van der Waals surface area contributed by atoms with Crippen molar-refractivity contribution in [3.63, 3.8) is 0 Å². The van der Waals surface area contributed by atoms with Crippen LogP contribution in [-0.2, 0) is 14.3 Å². The van der Waals surface area contributed by atoms with E-state index in [4.69, 9.17) is 9.47 Å². The Morgan fingerprint density at radius 3 is 2.33 bits per heavy atom. The Balaban J connectivity index is 1.86. The third-order valence-corrected chi connectivity index (χ3v) is 3.71. The molecule has 142 valence electrons. The first-order valence-corrected chi connectivity index (χ1v) is 8.17. The van der Waals surface area contributed by atoms with Gasteiger partial charge in [-0.1, -0.05) is 29.8 Å². The molecule has 27 heavy (non-hydrogen) atoms. The summed E-state index contributed by atoms with van der Waals surface area (Å²) in [6, 6.07) is 9.56. The summed E-state index contributed by atoms with van der Waals surface area (Å²) in [6.45, 7) is 4.70. The molecule has 0 saturated heterocycles. The third-order valence-electron chi connectivity index (χ3n) is 3.71. The number of nitro groups is 1. The van der Waals surface area contributed by atoms with Gasteiger partial charge in [-0.05, 0) is 38.0 Å². The van der Waals surface area contributed by atoms with Crippen LogP contribution in [-0.4, -0.2) is 30.0 Å². The molecule has 0 saturated carbocycles. The summed E-state index contributed by atoms with van der Waals surface area (Å²) in [5.74, 6) is -1.33. The van der Waals surface area contributed by atoms with E-state index in [0.717, 1.165) is 16.7 Å². The van der Waals surface area contributed by atoms with Gasteiger partial charge in [0.25, 0.3) is 5.91 Å². The molecule has 8 nitrogen and oxygen atoms in total. The van der Waals surface area contributed by atoms with Gasteiger partial charge in [-0.3, -0.25) is 14.9 Å². The van der Waals surface area contributed by atoms with Crippen LogP contribution < -0.4 is 10.1 Å². The van der Waals surface area contributed by atoms with Crippen LogP contribution >= 0.6 is 0 Å². The number of nitro benzene ring substituents is 1. The minimum atomic E-state index is -0.805. The number of hydrogen-bond acceptors (Lipinski definition) is 6. The number of para-hydroxylation sites is 2. The van der Waals surface area contributed by atoms with Crippen LogP contribution in [0.2, 0.25) is 0 Å². The number of aryl methyl sites for hydroxylation is 3.